The van der Waals surface area contributed by atoms with Gasteiger partial charge >= 0.3 is 13.7 Å². The van der Waals surface area contributed by atoms with E-state index in [2.05, 4.69) is 32.2 Å². The first-order chi connectivity index (χ1) is 17.0. The van der Waals surface area contributed by atoms with E-state index < -0.39 is 44.4 Å². The summed E-state index contributed by atoms with van der Waals surface area (Å²) < 4.78 is 23.9. The molecule has 1 amide bonds. The Balaban J connectivity index is 1.31. The molecule has 198 valence electrons. The molecule has 0 radical (unpaired) electrons. The van der Waals surface area contributed by atoms with Crippen molar-refractivity contribution in [3.63, 3.8) is 0 Å². The number of piperidine rings is 1. The topological polar surface area (TPSA) is 192 Å². The summed E-state index contributed by atoms with van der Waals surface area (Å²) in [5.74, 6) is 0.00994. The van der Waals surface area contributed by atoms with E-state index in [1.807, 2.05) is 0 Å². The minimum Gasteiger partial charge on any atom is -0.446 e. The minimum absolute atomic E-state index is 0.00994. The highest BCUT2D eigenvalue weighted by molar-refractivity contribution is 7.51. The van der Waals surface area contributed by atoms with Gasteiger partial charge in [-0.05, 0) is 37.9 Å². The molecule has 5 heterocycles. The molecule has 1 unspecified atom stereocenters. The molecule has 36 heavy (non-hydrogen) atoms. The molecule has 2 aromatic rings. The quantitative estimate of drug-likeness (QED) is 0.253. The van der Waals surface area contributed by atoms with Crippen molar-refractivity contribution < 1.29 is 38.8 Å². The van der Waals surface area contributed by atoms with Crippen molar-refractivity contribution in [2.24, 2.45) is 0 Å². The first kappa shape index (κ1) is 25.7. The van der Waals surface area contributed by atoms with Gasteiger partial charge in [-0.15, -0.1) is 0 Å². The summed E-state index contributed by atoms with van der Waals surface area (Å²) in [6.07, 6.45) is -1.61. The molecule has 0 saturated carbocycles. The predicted octanol–water partition coefficient (Wildman–Crippen LogP) is 0.840. The molecule has 14 nitrogen and oxygen atoms in total. The fraction of sp³-hybridized carbons (Fsp3) is 0.700. The van der Waals surface area contributed by atoms with Gasteiger partial charge in [0.15, 0.2) is 23.2 Å². The SMILES string of the molecule is CN1[C@@H]2CC[C@H]1C[C@@H](OC(=O)Nc1nc(Cl)nc3c1ncn3[C@@H]1O[C@H](CCP(=O)(O)O)C(O)[C@@H]1O)C2. The lowest BCUT2D eigenvalue weighted by Gasteiger charge is -2.35. The van der Waals surface area contributed by atoms with Gasteiger partial charge in [0.05, 0.1) is 18.6 Å². The number of nitrogens with zero attached hydrogens (tertiary/aromatic N) is 5. The molecule has 5 rings (SSSR count). The Morgan fingerprint density at radius 2 is 1.94 bits per heavy atom. The smallest absolute Gasteiger partial charge is 0.413 e. The number of amides is 1. The van der Waals surface area contributed by atoms with Crippen LogP contribution in [-0.4, -0.2) is 100 Å². The fourth-order valence-corrected chi connectivity index (χ4v) is 6.15. The number of anilines is 1. The van der Waals surface area contributed by atoms with E-state index in [4.69, 9.17) is 30.9 Å². The summed E-state index contributed by atoms with van der Waals surface area (Å²) in [6, 6.07) is 0.798. The molecule has 3 aliphatic rings. The standard InChI is InChI=1S/C20H28ClN6O8P/c1-26-9-2-3-10(26)7-11(6-9)34-20(30)24-16-13-17(25-19(21)23-16)27(8-22-13)18-15(29)14(28)12(35-18)4-5-36(31,32)33/h8-12,14-15,18,28-29H,2-7H2,1H3,(H2,31,32,33)(H,23,24,25,30)/t9-,10+,11+,12-,14?,15+,18-/m1/s1. The van der Waals surface area contributed by atoms with Crippen LogP contribution in [0.2, 0.25) is 5.28 Å². The molecule has 3 saturated heterocycles. The number of hydrogen-bond acceptors (Lipinski definition) is 10. The van der Waals surface area contributed by atoms with Crippen LogP contribution in [-0.2, 0) is 14.0 Å². The number of imidazole rings is 1. The van der Waals surface area contributed by atoms with Crippen LogP contribution in [0, 0.1) is 0 Å². The molecule has 5 N–H and O–H groups in total. The number of halogens is 1. The van der Waals surface area contributed by atoms with Crippen LogP contribution in [0.3, 0.4) is 0 Å². The molecule has 0 aromatic carbocycles. The molecule has 2 bridgehead atoms. The van der Waals surface area contributed by atoms with Gasteiger partial charge in [-0.1, -0.05) is 0 Å². The van der Waals surface area contributed by atoms with Crippen molar-refractivity contribution >= 4 is 42.3 Å². The van der Waals surface area contributed by atoms with Gasteiger partial charge < -0.3 is 34.4 Å². The van der Waals surface area contributed by atoms with Crippen LogP contribution < -0.4 is 5.32 Å². The maximum absolute atomic E-state index is 12.7. The number of ether oxygens (including phenoxy) is 2. The Kier molecular flexibility index (Phi) is 6.98. The number of carbonyl (C=O) groups is 1. The monoisotopic (exact) mass is 546 g/mol. The lowest BCUT2D eigenvalue weighted by molar-refractivity contribution is -0.0355. The average molecular weight is 547 g/mol. The highest BCUT2D eigenvalue weighted by Crippen LogP contribution is 2.40. The summed E-state index contributed by atoms with van der Waals surface area (Å²) in [4.78, 5) is 45.6. The highest BCUT2D eigenvalue weighted by Gasteiger charge is 2.45. The number of hydrogen-bond donors (Lipinski definition) is 5. The Morgan fingerprint density at radius 1 is 1.25 bits per heavy atom. The van der Waals surface area contributed by atoms with Gasteiger partial charge in [-0.25, -0.2) is 9.78 Å². The molecule has 0 spiro atoms. The fourth-order valence-electron chi connectivity index (χ4n) is 5.39. The third kappa shape index (κ3) is 5.09. The van der Waals surface area contributed by atoms with Crippen LogP contribution in [0.25, 0.3) is 11.2 Å². The number of carbonyl (C=O) groups excluding carboxylic acids is 1. The van der Waals surface area contributed by atoms with E-state index in [0.717, 1.165) is 25.7 Å². The number of aliphatic hydroxyl groups excluding tert-OH is 2. The molecule has 3 fully saturated rings. The van der Waals surface area contributed by atoms with Crippen molar-refractivity contribution in [2.75, 3.05) is 18.5 Å². The summed E-state index contributed by atoms with van der Waals surface area (Å²) in [7, 11) is -2.22. The summed E-state index contributed by atoms with van der Waals surface area (Å²) in [5, 5.41) is 23.2. The van der Waals surface area contributed by atoms with Crippen LogP contribution in [0.5, 0.6) is 0 Å². The van der Waals surface area contributed by atoms with Crippen LogP contribution in [0.4, 0.5) is 10.6 Å². The van der Waals surface area contributed by atoms with Crippen LogP contribution in [0.1, 0.15) is 38.3 Å². The molecular weight excluding hydrogens is 519 g/mol. The zero-order chi connectivity index (χ0) is 25.8. The van der Waals surface area contributed by atoms with Crippen molar-refractivity contribution in [3.8, 4) is 0 Å². The number of aromatic nitrogens is 4. The van der Waals surface area contributed by atoms with Crippen molar-refractivity contribution in [1.82, 2.24) is 24.4 Å². The van der Waals surface area contributed by atoms with Gasteiger partial charge in [0, 0.05) is 24.9 Å². The third-order valence-electron chi connectivity index (χ3n) is 7.26. The maximum atomic E-state index is 12.7. The van der Waals surface area contributed by atoms with E-state index in [-0.39, 0.29) is 34.8 Å². The first-order valence-electron chi connectivity index (χ1n) is 11.7. The van der Waals surface area contributed by atoms with Crippen molar-refractivity contribution in [2.45, 2.75) is 74.8 Å². The zero-order valence-corrected chi connectivity index (χ0v) is 21.0. The third-order valence-corrected chi connectivity index (χ3v) is 8.27. The van der Waals surface area contributed by atoms with E-state index in [0.29, 0.717) is 12.1 Å². The second-order valence-electron chi connectivity index (χ2n) is 9.56. The van der Waals surface area contributed by atoms with Gasteiger partial charge in [0.2, 0.25) is 5.28 Å². The second kappa shape index (κ2) is 9.76. The minimum atomic E-state index is -4.31. The van der Waals surface area contributed by atoms with Gasteiger partial charge in [0.25, 0.3) is 0 Å². The number of aliphatic hydroxyl groups is 2. The van der Waals surface area contributed by atoms with Crippen molar-refractivity contribution in [3.05, 3.63) is 11.6 Å². The Bertz CT molecular complexity index is 1180. The van der Waals surface area contributed by atoms with E-state index in [9.17, 15) is 19.6 Å². The summed E-state index contributed by atoms with van der Waals surface area (Å²) in [5.41, 5.74) is 0.276. The van der Waals surface area contributed by atoms with E-state index in [1.54, 1.807) is 0 Å². The normalized spacial score (nSPS) is 32.8. The van der Waals surface area contributed by atoms with Crippen molar-refractivity contribution in [1.29, 1.82) is 0 Å². The predicted molar refractivity (Wildman–Crippen MR) is 125 cm³/mol. The molecule has 2 aromatic heterocycles. The average Bonchev–Trinajstić information content (AvgIpc) is 3.38. The lowest BCUT2D eigenvalue weighted by atomic mass is 10.0. The van der Waals surface area contributed by atoms with Crippen LogP contribution >= 0.6 is 19.2 Å². The number of rotatable bonds is 6. The van der Waals surface area contributed by atoms with Gasteiger partial charge in [-0.2, -0.15) is 9.97 Å². The maximum Gasteiger partial charge on any atom is 0.413 e. The molecular formula is C20H28ClN6O8P. The molecule has 16 heteroatoms. The van der Waals surface area contributed by atoms with E-state index >= 15 is 0 Å². The van der Waals surface area contributed by atoms with Gasteiger partial charge in [0.1, 0.15) is 18.3 Å². The number of fused-ring (bicyclic) bond motifs is 3. The summed E-state index contributed by atoms with van der Waals surface area (Å²) >= 11 is 6.09. The Morgan fingerprint density at radius 3 is 2.61 bits per heavy atom. The zero-order valence-electron chi connectivity index (χ0n) is 19.3. The first-order valence-corrected chi connectivity index (χ1v) is 13.8. The second-order valence-corrected chi connectivity index (χ2v) is 11.7. The Labute approximate surface area is 210 Å². The highest BCUT2D eigenvalue weighted by atomic mass is 35.5. The molecule has 3 aliphatic heterocycles. The Hall–Kier alpha value is -1.90. The lowest BCUT2D eigenvalue weighted by Crippen LogP contribution is -2.43. The molecule has 0 aliphatic carbocycles. The summed E-state index contributed by atoms with van der Waals surface area (Å²) in [6.45, 7) is 0. The molecule has 7 atom stereocenters. The largest absolute Gasteiger partial charge is 0.446 e. The van der Waals surface area contributed by atoms with Crippen LogP contribution in [0.15, 0.2) is 6.33 Å². The number of nitrogens with one attached hydrogen (secondary N) is 1. The van der Waals surface area contributed by atoms with Gasteiger partial charge in [-0.3, -0.25) is 14.4 Å². The van der Waals surface area contributed by atoms with E-state index in [1.165, 1.54) is 10.9 Å².